The van der Waals surface area contributed by atoms with Gasteiger partial charge in [0.1, 0.15) is 0 Å². The highest BCUT2D eigenvalue weighted by molar-refractivity contribution is 9.10. The highest BCUT2D eigenvalue weighted by Gasteiger charge is 2.15. The number of carboxylic acids is 1. The molecule has 0 aliphatic carbocycles. The minimum absolute atomic E-state index is 0.00863. The van der Waals surface area contributed by atoms with Gasteiger partial charge in [-0.15, -0.1) is 0 Å². The minimum atomic E-state index is -1.04. The Morgan fingerprint density at radius 1 is 1.40 bits per heavy atom. The SMILES string of the molecule is O=C(NCC1CC=CCO1)c1ccc(C(=O)O)c(Br)c1. The average molecular weight is 340 g/mol. The number of halogens is 1. The fraction of sp³-hybridized carbons (Fsp3) is 0.286. The van der Waals surface area contributed by atoms with E-state index in [4.69, 9.17) is 9.84 Å². The number of hydrogen-bond donors (Lipinski definition) is 2. The maximum absolute atomic E-state index is 12.0. The highest BCUT2D eigenvalue weighted by Crippen LogP contribution is 2.18. The molecule has 20 heavy (non-hydrogen) atoms. The fourth-order valence-electron chi connectivity index (χ4n) is 1.86. The van der Waals surface area contributed by atoms with Crippen LogP contribution in [0.5, 0.6) is 0 Å². The fourth-order valence-corrected chi connectivity index (χ4v) is 2.40. The Morgan fingerprint density at radius 2 is 2.20 bits per heavy atom. The lowest BCUT2D eigenvalue weighted by atomic mass is 10.1. The first-order chi connectivity index (χ1) is 9.58. The molecule has 5 nitrogen and oxygen atoms in total. The van der Waals surface area contributed by atoms with Crippen LogP contribution in [0.1, 0.15) is 27.1 Å². The largest absolute Gasteiger partial charge is 0.478 e. The number of hydrogen-bond acceptors (Lipinski definition) is 3. The second-order valence-corrected chi connectivity index (χ2v) is 5.23. The first-order valence-corrected chi connectivity index (χ1v) is 6.95. The van der Waals surface area contributed by atoms with Crippen molar-refractivity contribution in [2.45, 2.75) is 12.5 Å². The van der Waals surface area contributed by atoms with Crippen LogP contribution in [0.4, 0.5) is 0 Å². The zero-order valence-corrected chi connectivity index (χ0v) is 12.2. The van der Waals surface area contributed by atoms with Crippen LogP contribution in [0.2, 0.25) is 0 Å². The van der Waals surface area contributed by atoms with Gasteiger partial charge in [0.25, 0.3) is 5.91 Å². The summed E-state index contributed by atoms with van der Waals surface area (Å²) in [6.07, 6.45) is 4.74. The van der Waals surface area contributed by atoms with E-state index in [1.807, 2.05) is 12.2 Å². The van der Waals surface area contributed by atoms with Gasteiger partial charge in [-0.3, -0.25) is 4.79 Å². The molecule has 1 heterocycles. The van der Waals surface area contributed by atoms with E-state index in [1.54, 1.807) is 0 Å². The van der Waals surface area contributed by atoms with Crippen LogP contribution in [0.25, 0.3) is 0 Å². The van der Waals surface area contributed by atoms with Gasteiger partial charge in [0.15, 0.2) is 0 Å². The predicted octanol–water partition coefficient (Wildman–Crippen LogP) is 2.22. The molecule has 1 unspecified atom stereocenters. The molecule has 1 atom stereocenters. The number of benzene rings is 1. The molecular weight excluding hydrogens is 326 g/mol. The first kappa shape index (κ1) is 14.7. The van der Waals surface area contributed by atoms with Crippen LogP contribution < -0.4 is 5.32 Å². The molecule has 0 fully saturated rings. The normalized spacial score (nSPS) is 17.8. The smallest absolute Gasteiger partial charge is 0.336 e. The quantitative estimate of drug-likeness (QED) is 0.824. The van der Waals surface area contributed by atoms with E-state index >= 15 is 0 Å². The number of rotatable bonds is 4. The van der Waals surface area contributed by atoms with Gasteiger partial charge in [0, 0.05) is 16.6 Å². The molecule has 2 rings (SSSR count). The van der Waals surface area contributed by atoms with Crippen molar-refractivity contribution in [3.8, 4) is 0 Å². The summed E-state index contributed by atoms with van der Waals surface area (Å²) in [5, 5.41) is 11.7. The summed E-state index contributed by atoms with van der Waals surface area (Å²) in [5.41, 5.74) is 0.538. The van der Waals surface area contributed by atoms with Crippen molar-refractivity contribution < 1.29 is 19.4 Å². The van der Waals surface area contributed by atoms with Crippen LogP contribution in [-0.2, 0) is 4.74 Å². The molecular formula is C14H14BrNO4. The summed E-state index contributed by atoms with van der Waals surface area (Å²) in [7, 11) is 0. The number of carbonyl (C=O) groups excluding carboxylic acids is 1. The lowest BCUT2D eigenvalue weighted by Gasteiger charge is -2.19. The maximum Gasteiger partial charge on any atom is 0.336 e. The number of nitrogens with one attached hydrogen (secondary N) is 1. The van der Waals surface area contributed by atoms with Crippen molar-refractivity contribution in [3.63, 3.8) is 0 Å². The van der Waals surface area contributed by atoms with Crippen LogP contribution in [0.3, 0.4) is 0 Å². The Labute approximate surface area is 124 Å². The molecule has 6 heteroatoms. The Kier molecular flexibility index (Phi) is 4.92. The molecule has 1 aromatic carbocycles. The van der Waals surface area contributed by atoms with Crippen molar-refractivity contribution in [1.29, 1.82) is 0 Å². The molecule has 0 spiro atoms. The van der Waals surface area contributed by atoms with E-state index in [0.717, 1.165) is 6.42 Å². The first-order valence-electron chi connectivity index (χ1n) is 6.15. The minimum Gasteiger partial charge on any atom is -0.478 e. The van der Waals surface area contributed by atoms with Gasteiger partial charge in [0.05, 0.1) is 18.3 Å². The number of carbonyl (C=O) groups is 2. The molecule has 1 amide bonds. The second kappa shape index (κ2) is 6.67. The van der Waals surface area contributed by atoms with E-state index in [0.29, 0.717) is 23.2 Å². The summed E-state index contributed by atoms with van der Waals surface area (Å²) in [5.74, 6) is -1.29. The molecule has 1 aliphatic heterocycles. The molecule has 2 N–H and O–H groups in total. The van der Waals surface area contributed by atoms with Crippen LogP contribution >= 0.6 is 15.9 Å². The summed E-state index contributed by atoms with van der Waals surface area (Å²) in [4.78, 5) is 22.8. The van der Waals surface area contributed by atoms with Crippen molar-refractivity contribution in [2.24, 2.45) is 0 Å². The van der Waals surface area contributed by atoms with Gasteiger partial charge in [-0.25, -0.2) is 4.79 Å². The molecule has 0 saturated carbocycles. The molecule has 0 radical (unpaired) electrons. The van der Waals surface area contributed by atoms with Gasteiger partial charge < -0.3 is 15.2 Å². The summed E-state index contributed by atoms with van der Waals surface area (Å²) < 4.78 is 5.83. The summed E-state index contributed by atoms with van der Waals surface area (Å²) in [6.45, 7) is 1.00. The maximum atomic E-state index is 12.0. The van der Waals surface area contributed by atoms with Crippen LogP contribution in [0.15, 0.2) is 34.8 Å². The van der Waals surface area contributed by atoms with Crippen LogP contribution in [0, 0.1) is 0 Å². The van der Waals surface area contributed by atoms with Gasteiger partial charge >= 0.3 is 5.97 Å². The second-order valence-electron chi connectivity index (χ2n) is 4.37. The number of amides is 1. The summed E-state index contributed by atoms with van der Waals surface area (Å²) >= 11 is 3.15. The van der Waals surface area contributed by atoms with E-state index in [9.17, 15) is 9.59 Å². The Morgan fingerprint density at radius 3 is 2.80 bits per heavy atom. The van der Waals surface area contributed by atoms with Crippen molar-refractivity contribution in [1.82, 2.24) is 5.32 Å². The third-order valence-electron chi connectivity index (χ3n) is 2.95. The van der Waals surface area contributed by atoms with Crippen molar-refractivity contribution in [3.05, 3.63) is 46.0 Å². The van der Waals surface area contributed by atoms with Gasteiger partial charge in [-0.2, -0.15) is 0 Å². The van der Waals surface area contributed by atoms with Gasteiger partial charge in [-0.05, 0) is 40.5 Å². The number of aromatic carboxylic acids is 1. The van der Waals surface area contributed by atoms with E-state index < -0.39 is 5.97 Å². The van der Waals surface area contributed by atoms with E-state index in [2.05, 4.69) is 21.2 Å². The van der Waals surface area contributed by atoms with E-state index in [1.165, 1.54) is 18.2 Å². The standard InChI is InChI=1S/C14H14BrNO4/c15-12-7-9(4-5-11(12)14(18)19)13(17)16-8-10-3-1-2-6-20-10/h1-2,4-5,7,10H,3,6,8H2,(H,16,17)(H,18,19). The lowest BCUT2D eigenvalue weighted by Crippen LogP contribution is -2.34. The topological polar surface area (TPSA) is 75.6 Å². The van der Waals surface area contributed by atoms with Crippen molar-refractivity contribution >= 4 is 27.8 Å². The van der Waals surface area contributed by atoms with E-state index in [-0.39, 0.29) is 17.6 Å². The third kappa shape index (κ3) is 3.68. The Hall–Kier alpha value is -1.66. The average Bonchev–Trinajstić information content (AvgIpc) is 2.45. The zero-order valence-electron chi connectivity index (χ0n) is 10.6. The molecule has 0 bridgehead atoms. The Balaban J connectivity index is 1.97. The van der Waals surface area contributed by atoms with Gasteiger partial charge in [-0.1, -0.05) is 12.2 Å². The monoisotopic (exact) mass is 339 g/mol. The predicted molar refractivity (Wildman–Crippen MR) is 76.9 cm³/mol. The van der Waals surface area contributed by atoms with Gasteiger partial charge in [0.2, 0.25) is 0 Å². The summed E-state index contributed by atoms with van der Waals surface area (Å²) in [6, 6.07) is 4.40. The lowest BCUT2D eigenvalue weighted by molar-refractivity contribution is 0.0631. The van der Waals surface area contributed by atoms with Crippen LogP contribution in [-0.4, -0.2) is 36.2 Å². The Bertz CT molecular complexity index is 556. The number of ether oxygens (including phenoxy) is 1. The third-order valence-corrected chi connectivity index (χ3v) is 3.60. The molecule has 0 aromatic heterocycles. The highest BCUT2D eigenvalue weighted by atomic mass is 79.9. The molecule has 1 aromatic rings. The van der Waals surface area contributed by atoms with Crippen molar-refractivity contribution in [2.75, 3.05) is 13.2 Å². The number of carboxylic acid groups (broad SMARTS) is 1. The zero-order chi connectivity index (χ0) is 14.5. The molecule has 106 valence electrons. The molecule has 1 aliphatic rings. The molecule has 0 saturated heterocycles.